The number of nitrogens with one attached hydrogen (secondary N) is 1. The van der Waals surface area contributed by atoms with Gasteiger partial charge in [0.15, 0.2) is 0 Å². The molecule has 1 saturated heterocycles. The summed E-state index contributed by atoms with van der Waals surface area (Å²) in [5.74, 6) is 0.765. The lowest BCUT2D eigenvalue weighted by atomic mass is 9.78. The number of ether oxygens (including phenoxy) is 2. The van der Waals surface area contributed by atoms with Crippen LogP contribution in [0.1, 0.15) is 17.7 Å². The van der Waals surface area contributed by atoms with Crippen LogP contribution in [0.5, 0.6) is 5.75 Å². The zero-order valence-electron chi connectivity index (χ0n) is 12.5. The molecule has 0 unspecified atom stereocenters. The summed E-state index contributed by atoms with van der Waals surface area (Å²) >= 11 is 1.63. The standard InChI is InChI=1S/C17H19NO3S/c1-20-14-5-2-4-13(12-14)18-16(19)17(7-9-21-10-8-17)15-6-3-11-22-15/h2-6,11-12H,7-10H2,1H3,(H,18,19). The number of hydrogen-bond acceptors (Lipinski definition) is 4. The Kier molecular flexibility index (Phi) is 4.45. The molecule has 0 saturated carbocycles. The average molecular weight is 317 g/mol. The fraction of sp³-hybridized carbons (Fsp3) is 0.353. The minimum atomic E-state index is -0.491. The number of thiophene rings is 1. The second kappa shape index (κ2) is 6.50. The Morgan fingerprint density at radius 2 is 2.09 bits per heavy atom. The Morgan fingerprint density at radius 3 is 2.77 bits per heavy atom. The Hall–Kier alpha value is -1.85. The number of anilines is 1. The van der Waals surface area contributed by atoms with Crippen LogP contribution >= 0.6 is 11.3 Å². The van der Waals surface area contributed by atoms with Gasteiger partial charge < -0.3 is 14.8 Å². The fourth-order valence-corrected chi connectivity index (χ4v) is 3.79. The maximum Gasteiger partial charge on any atom is 0.236 e. The molecule has 1 amide bonds. The number of carbonyl (C=O) groups is 1. The summed E-state index contributed by atoms with van der Waals surface area (Å²) in [7, 11) is 1.62. The van der Waals surface area contributed by atoms with E-state index in [0.717, 1.165) is 16.3 Å². The first kappa shape index (κ1) is 15.1. The molecule has 1 aliphatic rings. The van der Waals surface area contributed by atoms with E-state index < -0.39 is 5.41 Å². The lowest BCUT2D eigenvalue weighted by Crippen LogP contribution is -2.44. The highest BCUT2D eigenvalue weighted by molar-refractivity contribution is 7.10. The zero-order chi connectivity index (χ0) is 15.4. The van der Waals surface area contributed by atoms with Gasteiger partial charge in [-0.05, 0) is 36.4 Å². The molecular weight excluding hydrogens is 298 g/mol. The van der Waals surface area contributed by atoms with Crippen molar-refractivity contribution < 1.29 is 14.3 Å². The van der Waals surface area contributed by atoms with Gasteiger partial charge in [-0.1, -0.05) is 12.1 Å². The molecule has 1 aliphatic heterocycles. The number of amides is 1. The number of rotatable bonds is 4. The molecule has 2 aromatic rings. The van der Waals surface area contributed by atoms with Crippen molar-refractivity contribution in [1.29, 1.82) is 0 Å². The molecule has 0 radical (unpaired) electrons. The van der Waals surface area contributed by atoms with Crippen molar-refractivity contribution >= 4 is 22.9 Å². The number of hydrogen-bond donors (Lipinski definition) is 1. The second-order valence-electron chi connectivity index (χ2n) is 5.36. The van der Waals surface area contributed by atoms with E-state index in [-0.39, 0.29) is 5.91 Å². The molecule has 1 fully saturated rings. The van der Waals surface area contributed by atoms with E-state index in [0.29, 0.717) is 26.1 Å². The quantitative estimate of drug-likeness (QED) is 0.939. The lowest BCUT2D eigenvalue weighted by Gasteiger charge is -2.35. The maximum atomic E-state index is 13.0. The molecule has 4 nitrogen and oxygen atoms in total. The van der Waals surface area contributed by atoms with Gasteiger partial charge in [0.05, 0.1) is 12.5 Å². The van der Waals surface area contributed by atoms with Gasteiger partial charge in [0.25, 0.3) is 0 Å². The van der Waals surface area contributed by atoms with E-state index in [1.165, 1.54) is 0 Å². The molecule has 3 rings (SSSR count). The summed E-state index contributed by atoms with van der Waals surface area (Å²) in [6.45, 7) is 1.23. The zero-order valence-corrected chi connectivity index (χ0v) is 13.3. The Balaban J connectivity index is 1.86. The lowest BCUT2D eigenvalue weighted by molar-refractivity contribution is -0.125. The first-order valence-corrected chi connectivity index (χ1v) is 8.20. The summed E-state index contributed by atoms with van der Waals surface area (Å²) in [6, 6.07) is 11.5. The normalized spacial score (nSPS) is 17.0. The number of benzene rings is 1. The third kappa shape index (κ3) is 2.87. The minimum absolute atomic E-state index is 0.0338. The molecule has 5 heteroatoms. The summed E-state index contributed by atoms with van der Waals surface area (Å²) in [5, 5.41) is 5.07. The van der Waals surface area contributed by atoms with Crippen molar-refractivity contribution in [2.75, 3.05) is 25.6 Å². The van der Waals surface area contributed by atoms with Crippen molar-refractivity contribution in [2.45, 2.75) is 18.3 Å². The van der Waals surface area contributed by atoms with Crippen molar-refractivity contribution in [3.8, 4) is 5.75 Å². The predicted octanol–water partition coefficient (Wildman–Crippen LogP) is 3.44. The van der Waals surface area contributed by atoms with Crippen LogP contribution in [-0.4, -0.2) is 26.2 Å². The third-order valence-electron chi connectivity index (χ3n) is 4.10. The van der Waals surface area contributed by atoms with E-state index in [2.05, 4.69) is 5.32 Å². The van der Waals surface area contributed by atoms with E-state index in [9.17, 15) is 4.79 Å². The topological polar surface area (TPSA) is 47.6 Å². The molecule has 1 aromatic heterocycles. The molecule has 0 aliphatic carbocycles. The molecule has 0 spiro atoms. The van der Waals surface area contributed by atoms with E-state index in [1.807, 2.05) is 41.8 Å². The molecule has 2 heterocycles. The van der Waals surface area contributed by atoms with Crippen LogP contribution in [0.25, 0.3) is 0 Å². The first-order valence-electron chi connectivity index (χ1n) is 7.32. The molecule has 116 valence electrons. The minimum Gasteiger partial charge on any atom is -0.497 e. The van der Waals surface area contributed by atoms with Gasteiger partial charge in [-0.2, -0.15) is 0 Å². The van der Waals surface area contributed by atoms with Crippen molar-refractivity contribution in [3.05, 3.63) is 46.7 Å². The Morgan fingerprint density at radius 1 is 1.27 bits per heavy atom. The smallest absolute Gasteiger partial charge is 0.236 e. The molecular formula is C17H19NO3S. The molecule has 0 bridgehead atoms. The second-order valence-corrected chi connectivity index (χ2v) is 6.31. The van der Waals surface area contributed by atoms with Crippen LogP contribution in [0.15, 0.2) is 41.8 Å². The van der Waals surface area contributed by atoms with Crippen LogP contribution in [-0.2, 0) is 14.9 Å². The van der Waals surface area contributed by atoms with Gasteiger partial charge in [0.2, 0.25) is 5.91 Å². The summed E-state index contributed by atoms with van der Waals surface area (Å²) in [5.41, 5.74) is 0.266. The largest absolute Gasteiger partial charge is 0.497 e. The van der Waals surface area contributed by atoms with Gasteiger partial charge in [-0.25, -0.2) is 0 Å². The Labute approximate surface area is 134 Å². The van der Waals surface area contributed by atoms with Gasteiger partial charge >= 0.3 is 0 Å². The average Bonchev–Trinajstić information content (AvgIpc) is 3.10. The molecule has 1 N–H and O–H groups in total. The van der Waals surface area contributed by atoms with Crippen LogP contribution < -0.4 is 10.1 Å². The number of methoxy groups -OCH3 is 1. The maximum absolute atomic E-state index is 13.0. The summed E-state index contributed by atoms with van der Waals surface area (Å²) < 4.78 is 10.7. The van der Waals surface area contributed by atoms with Crippen LogP contribution in [0, 0.1) is 0 Å². The van der Waals surface area contributed by atoms with Crippen LogP contribution in [0.2, 0.25) is 0 Å². The Bertz CT molecular complexity index is 633. The van der Waals surface area contributed by atoms with Crippen LogP contribution in [0.3, 0.4) is 0 Å². The highest BCUT2D eigenvalue weighted by atomic mass is 32.1. The van der Waals surface area contributed by atoms with E-state index in [4.69, 9.17) is 9.47 Å². The van der Waals surface area contributed by atoms with E-state index >= 15 is 0 Å². The van der Waals surface area contributed by atoms with Gasteiger partial charge in [0.1, 0.15) is 5.75 Å². The van der Waals surface area contributed by atoms with Crippen molar-refractivity contribution in [3.63, 3.8) is 0 Å². The highest BCUT2D eigenvalue weighted by Gasteiger charge is 2.42. The van der Waals surface area contributed by atoms with Gasteiger partial charge in [-0.15, -0.1) is 11.3 Å². The fourth-order valence-electron chi connectivity index (χ4n) is 2.81. The van der Waals surface area contributed by atoms with Gasteiger partial charge in [0, 0.05) is 29.8 Å². The van der Waals surface area contributed by atoms with Crippen LogP contribution in [0.4, 0.5) is 5.69 Å². The summed E-state index contributed by atoms with van der Waals surface area (Å²) in [4.78, 5) is 14.1. The molecule has 22 heavy (non-hydrogen) atoms. The highest BCUT2D eigenvalue weighted by Crippen LogP contribution is 2.38. The van der Waals surface area contributed by atoms with E-state index in [1.54, 1.807) is 18.4 Å². The number of carbonyl (C=O) groups excluding carboxylic acids is 1. The summed E-state index contributed by atoms with van der Waals surface area (Å²) in [6.07, 6.45) is 1.42. The first-order chi connectivity index (χ1) is 10.7. The van der Waals surface area contributed by atoms with Crippen molar-refractivity contribution in [1.82, 2.24) is 0 Å². The monoisotopic (exact) mass is 317 g/mol. The third-order valence-corrected chi connectivity index (χ3v) is 5.18. The molecule has 0 atom stereocenters. The SMILES string of the molecule is COc1cccc(NC(=O)C2(c3cccs3)CCOCC2)c1. The van der Waals surface area contributed by atoms with Crippen molar-refractivity contribution in [2.24, 2.45) is 0 Å². The molecule has 1 aromatic carbocycles. The predicted molar refractivity (Wildman–Crippen MR) is 87.7 cm³/mol. The van der Waals surface area contributed by atoms with Gasteiger partial charge in [-0.3, -0.25) is 4.79 Å².